The molecule has 7 nitrogen and oxygen atoms in total. The molecule has 0 heterocycles. The van der Waals surface area contributed by atoms with Crippen LogP contribution in [0.4, 0.5) is 0 Å². The summed E-state index contributed by atoms with van der Waals surface area (Å²) >= 11 is 0. The Balaban J connectivity index is 3.16. The molecule has 0 aromatic heterocycles. The zero-order chi connectivity index (χ0) is 16.0. The van der Waals surface area contributed by atoms with Gasteiger partial charge in [-0.3, -0.25) is 4.79 Å². The average molecular weight is 316 g/mol. The highest BCUT2D eigenvalue weighted by Gasteiger charge is 2.21. The zero-order valence-corrected chi connectivity index (χ0v) is 13.3. The molecule has 0 fully saturated rings. The Labute approximate surface area is 124 Å². The normalized spacial score (nSPS) is 12.8. The Morgan fingerprint density at radius 3 is 2.52 bits per heavy atom. The SMILES string of the molecule is CNC(=O)c1cc(S(=O)(=O)N[C@H](C)COC)ccc1OC. The maximum atomic E-state index is 12.2. The third-order valence-corrected chi connectivity index (χ3v) is 4.31. The summed E-state index contributed by atoms with van der Waals surface area (Å²) in [7, 11) is 0.623. The maximum absolute atomic E-state index is 12.2. The number of rotatable bonds is 7. The van der Waals surface area contributed by atoms with Crippen molar-refractivity contribution in [1.29, 1.82) is 0 Å². The van der Waals surface area contributed by atoms with Gasteiger partial charge in [-0.05, 0) is 25.1 Å². The second kappa shape index (κ2) is 7.39. The number of hydrogen-bond acceptors (Lipinski definition) is 5. The van der Waals surface area contributed by atoms with E-state index in [1.165, 1.54) is 39.5 Å². The molecule has 0 aliphatic heterocycles. The van der Waals surface area contributed by atoms with E-state index in [4.69, 9.17) is 9.47 Å². The minimum atomic E-state index is -3.74. The van der Waals surface area contributed by atoms with Gasteiger partial charge in [0.2, 0.25) is 10.0 Å². The predicted molar refractivity (Wildman–Crippen MR) is 78.0 cm³/mol. The predicted octanol–water partition coefficient (Wildman–Crippen LogP) is 0.368. The van der Waals surface area contributed by atoms with Gasteiger partial charge in [0.15, 0.2) is 0 Å². The third-order valence-electron chi connectivity index (χ3n) is 2.73. The summed E-state index contributed by atoms with van der Waals surface area (Å²) in [4.78, 5) is 11.8. The van der Waals surface area contributed by atoms with Crippen LogP contribution in [0.1, 0.15) is 17.3 Å². The van der Waals surface area contributed by atoms with Crippen LogP contribution in [0, 0.1) is 0 Å². The van der Waals surface area contributed by atoms with E-state index in [1.807, 2.05) is 0 Å². The fraction of sp³-hybridized carbons (Fsp3) is 0.462. The van der Waals surface area contributed by atoms with E-state index in [0.29, 0.717) is 5.75 Å². The lowest BCUT2D eigenvalue weighted by Crippen LogP contribution is -2.35. The molecule has 0 radical (unpaired) electrons. The lowest BCUT2D eigenvalue weighted by molar-refractivity contribution is 0.0960. The minimum absolute atomic E-state index is 0.00940. The van der Waals surface area contributed by atoms with Crippen molar-refractivity contribution in [3.05, 3.63) is 23.8 Å². The van der Waals surface area contributed by atoms with Gasteiger partial charge in [0, 0.05) is 20.2 Å². The minimum Gasteiger partial charge on any atom is -0.496 e. The van der Waals surface area contributed by atoms with Crippen molar-refractivity contribution < 1.29 is 22.7 Å². The monoisotopic (exact) mass is 316 g/mol. The molecule has 0 aliphatic carbocycles. The quantitative estimate of drug-likeness (QED) is 0.758. The number of hydrogen-bond donors (Lipinski definition) is 2. The van der Waals surface area contributed by atoms with E-state index in [9.17, 15) is 13.2 Å². The first kappa shape index (κ1) is 17.4. The molecule has 1 atom stereocenters. The van der Waals surface area contributed by atoms with Crippen molar-refractivity contribution in [3.63, 3.8) is 0 Å². The van der Waals surface area contributed by atoms with E-state index < -0.39 is 15.9 Å². The van der Waals surface area contributed by atoms with Crippen molar-refractivity contribution in [1.82, 2.24) is 10.0 Å². The van der Waals surface area contributed by atoms with Gasteiger partial charge in [0.25, 0.3) is 5.91 Å². The molecule has 0 spiro atoms. The van der Waals surface area contributed by atoms with Crippen molar-refractivity contribution >= 4 is 15.9 Å². The zero-order valence-electron chi connectivity index (χ0n) is 12.5. The molecule has 1 rings (SSSR count). The van der Waals surface area contributed by atoms with Gasteiger partial charge in [0.1, 0.15) is 5.75 Å². The first-order valence-electron chi connectivity index (χ1n) is 6.27. The molecule has 1 amide bonds. The highest BCUT2D eigenvalue weighted by Crippen LogP contribution is 2.22. The van der Waals surface area contributed by atoms with Crippen molar-refractivity contribution in [3.8, 4) is 5.75 Å². The maximum Gasteiger partial charge on any atom is 0.254 e. The Hall–Kier alpha value is -1.64. The number of amides is 1. The fourth-order valence-corrected chi connectivity index (χ4v) is 3.04. The standard InChI is InChI=1S/C13H20N2O5S/c1-9(8-19-3)15-21(17,18)10-5-6-12(20-4)11(7-10)13(16)14-2/h5-7,9,15H,8H2,1-4H3,(H,14,16)/t9-/m1/s1. The van der Waals surface area contributed by atoms with E-state index >= 15 is 0 Å². The summed E-state index contributed by atoms with van der Waals surface area (Å²) in [5.74, 6) is -0.118. The van der Waals surface area contributed by atoms with Crippen LogP contribution in [0.25, 0.3) is 0 Å². The van der Waals surface area contributed by atoms with E-state index in [2.05, 4.69) is 10.0 Å². The van der Waals surface area contributed by atoms with Crippen molar-refractivity contribution in [2.24, 2.45) is 0 Å². The highest BCUT2D eigenvalue weighted by atomic mass is 32.2. The van der Waals surface area contributed by atoms with Crippen LogP contribution in [0.15, 0.2) is 23.1 Å². The van der Waals surface area contributed by atoms with E-state index in [-0.39, 0.29) is 23.1 Å². The van der Waals surface area contributed by atoms with Gasteiger partial charge < -0.3 is 14.8 Å². The Morgan fingerprint density at radius 2 is 2.00 bits per heavy atom. The molecular weight excluding hydrogens is 296 g/mol. The molecule has 8 heteroatoms. The van der Waals surface area contributed by atoms with Crippen molar-refractivity contribution in [2.45, 2.75) is 17.9 Å². The first-order chi connectivity index (χ1) is 9.85. The van der Waals surface area contributed by atoms with Crippen LogP contribution in [0.3, 0.4) is 0 Å². The average Bonchev–Trinajstić information content (AvgIpc) is 2.45. The van der Waals surface area contributed by atoms with Crippen LogP contribution >= 0.6 is 0 Å². The van der Waals surface area contributed by atoms with Crippen LogP contribution in [-0.2, 0) is 14.8 Å². The van der Waals surface area contributed by atoms with E-state index in [1.54, 1.807) is 6.92 Å². The van der Waals surface area contributed by atoms with Crippen LogP contribution < -0.4 is 14.8 Å². The van der Waals surface area contributed by atoms with Gasteiger partial charge >= 0.3 is 0 Å². The summed E-state index contributed by atoms with van der Waals surface area (Å²) in [6, 6.07) is 3.72. The first-order valence-corrected chi connectivity index (χ1v) is 7.75. The molecule has 118 valence electrons. The van der Waals surface area contributed by atoms with Gasteiger partial charge in [0.05, 0.1) is 24.2 Å². The third kappa shape index (κ3) is 4.42. The number of nitrogens with one attached hydrogen (secondary N) is 2. The molecule has 0 bridgehead atoms. The summed E-state index contributed by atoms with van der Waals surface area (Å²) < 4.78 is 36.9. The summed E-state index contributed by atoms with van der Waals surface area (Å²) in [5, 5.41) is 2.44. The number of methoxy groups -OCH3 is 2. The number of ether oxygens (including phenoxy) is 2. The van der Waals surface area contributed by atoms with Gasteiger partial charge in [-0.2, -0.15) is 0 Å². The number of carbonyl (C=O) groups excluding carboxylic acids is 1. The van der Waals surface area contributed by atoms with Gasteiger partial charge in [-0.25, -0.2) is 13.1 Å². The smallest absolute Gasteiger partial charge is 0.254 e. The van der Waals surface area contributed by atoms with E-state index in [0.717, 1.165) is 0 Å². The highest BCUT2D eigenvalue weighted by molar-refractivity contribution is 7.89. The molecule has 1 aromatic carbocycles. The fourth-order valence-electron chi connectivity index (χ4n) is 1.78. The topological polar surface area (TPSA) is 93.7 Å². The molecule has 0 aliphatic rings. The largest absolute Gasteiger partial charge is 0.496 e. The summed E-state index contributed by atoms with van der Waals surface area (Å²) in [6.45, 7) is 1.93. The second-order valence-electron chi connectivity index (χ2n) is 4.42. The number of sulfonamides is 1. The Bertz CT molecular complexity index is 601. The Morgan fingerprint density at radius 1 is 1.33 bits per heavy atom. The summed E-state index contributed by atoms with van der Waals surface area (Å²) in [6.07, 6.45) is 0. The van der Waals surface area contributed by atoms with Crippen molar-refractivity contribution in [2.75, 3.05) is 27.9 Å². The van der Waals surface area contributed by atoms with Gasteiger partial charge in [-0.15, -0.1) is 0 Å². The molecular formula is C13H20N2O5S. The molecule has 0 saturated carbocycles. The van der Waals surface area contributed by atoms with Crippen LogP contribution in [0.2, 0.25) is 0 Å². The van der Waals surface area contributed by atoms with Gasteiger partial charge in [-0.1, -0.05) is 0 Å². The Kier molecular flexibility index (Phi) is 6.13. The number of benzene rings is 1. The summed E-state index contributed by atoms with van der Waals surface area (Å²) in [5.41, 5.74) is 0.155. The van der Waals surface area contributed by atoms with Crippen LogP contribution in [-0.4, -0.2) is 48.2 Å². The lowest BCUT2D eigenvalue weighted by Gasteiger charge is -2.14. The molecule has 0 unspecified atom stereocenters. The molecule has 2 N–H and O–H groups in total. The second-order valence-corrected chi connectivity index (χ2v) is 6.13. The number of carbonyl (C=O) groups is 1. The molecule has 0 saturated heterocycles. The molecule has 21 heavy (non-hydrogen) atoms. The molecule has 1 aromatic rings. The lowest BCUT2D eigenvalue weighted by atomic mass is 10.2. The van der Waals surface area contributed by atoms with Crippen LogP contribution in [0.5, 0.6) is 5.75 Å².